The summed E-state index contributed by atoms with van der Waals surface area (Å²) >= 11 is 0. The van der Waals surface area contributed by atoms with Crippen molar-refractivity contribution in [3.05, 3.63) is 23.5 Å². The maximum atomic E-state index is 12.0. The molecule has 0 radical (unpaired) electrons. The van der Waals surface area contributed by atoms with Gasteiger partial charge < -0.3 is 11.1 Å². The summed E-state index contributed by atoms with van der Waals surface area (Å²) < 4.78 is 1.77. The Morgan fingerprint density at radius 2 is 2.24 bits per heavy atom. The van der Waals surface area contributed by atoms with Crippen molar-refractivity contribution in [3.8, 4) is 0 Å². The van der Waals surface area contributed by atoms with E-state index in [0.29, 0.717) is 6.42 Å². The number of hydrogen-bond donors (Lipinski definition) is 2. The van der Waals surface area contributed by atoms with Crippen molar-refractivity contribution >= 4 is 11.6 Å². The first-order valence-corrected chi connectivity index (χ1v) is 5.74. The molecule has 1 aliphatic carbocycles. The minimum absolute atomic E-state index is 0.00171. The van der Waals surface area contributed by atoms with E-state index in [9.17, 15) is 4.79 Å². The number of nitrogens with one attached hydrogen (secondary N) is 1. The summed E-state index contributed by atoms with van der Waals surface area (Å²) in [6.45, 7) is 3.82. The highest BCUT2D eigenvalue weighted by Crippen LogP contribution is 2.22. The van der Waals surface area contributed by atoms with Crippen LogP contribution in [0.4, 0.5) is 5.69 Å². The number of nitrogens with two attached hydrogens (primary N) is 1. The molecule has 3 N–H and O–H groups in total. The summed E-state index contributed by atoms with van der Waals surface area (Å²) in [5.74, 6) is -0.127. The molecule has 1 heterocycles. The average Bonchev–Trinajstić information content (AvgIpc) is 2.79. The first kappa shape index (κ1) is 11.9. The van der Waals surface area contributed by atoms with E-state index in [-0.39, 0.29) is 17.9 Å². The van der Waals surface area contributed by atoms with Crippen molar-refractivity contribution in [3.63, 3.8) is 0 Å². The summed E-state index contributed by atoms with van der Waals surface area (Å²) in [6.07, 6.45) is 4.44. The lowest BCUT2D eigenvalue weighted by atomic mass is 10.1. The molecule has 0 saturated carbocycles. The first-order chi connectivity index (χ1) is 7.99. The topological polar surface area (TPSA) is 72.9 Å². The van der Waals surface area contributed by atoms with Gasteiger partial charge in [-0.1, -0.05) is 12.2 Å². The normalized spacial score (nSPS) is 23.1. The van der Waals surface area contributed by atoms with Gasteiger partial charge in [0, 0.05) is 13.1 Å². The van der Waals surface area contributed by atoms with Crippen LogP contribution in [0.1, 0.15) is 17.8 Å². The smallest absolute Gasteiger partial charge is 0.231 e. The van der Waals surface area contributed by atoms with Crippen molar-refractivity contribution < 1.29 is 4.79 Å². The highest BCUT2D eigenvalue weighted by Gasteiger charge is 2.24. The maximum absolute atomic E-state index is 12.0. The van der Waals surface area contributed by atoms with E-state index < -0.39 is 0 Å². The molecule has 92 valence electrons. The molecule has 5 heteroatoms. The third-order valence-corrected chi connectivity index (χ3v) is 3.21. The zero-order valence-corrected chi connectivity index (χ0v) is 10.4. The number of aryl methyl sites for hydroxylation is 2. The highest BCUT2D eigenvalue weighted by molar-refractivity contribution is 5.95. The number of carbonyl (C=O) groups excluding carboxylic acids is 1. The largest absolute Gasteiger partial charge is 0.324 e. The Bertz CT molecular complexity index is 475. The lowest BCUT2D eigenvalue weighted by Gasteiger charge is -2.10. The second-order valence-electron chi connectivity index (χ2n) is 4.55. The van der Waals surface area contributed by atoms with Gasteiger partial charge in [0.25, 0.3) is 0 Å². The summed E-state index contributed by atoms with van der Waals surface area (Å²) in [5.41, 5.74) is 8.35. The SMILES string of the molecule is Cc1nn(C)c(C)c1NC(=O)C1C=CC(N)C1. The van der Waals surface area contributed by atoms with Crippen LogP contribution in [0.25, 0.3) is 0 Å². The fourth-order valence-electron chi connectivity index (χ4n) is 2.09. The quantitative estimate of drug-likeness (QED) is 0.746. The second-order valence-corrected chi connectivity index (χ2v) is 4.55. The summed E-state index contributed by atoms with van der Waals surface area (Å²) in [6, 6.07) is 0.00171. The average molecular weight is 234 g/mol. The van der Waals surface area contributed by atoms with E-state index in [0.717, 1.165) is 17.1 Å². The molecule has 5 nitrogen and oxygen atoms in total. The van der Waals surface area contributed by atoms with Crippen LogP contribution < -0.4 is 11.1 Å². The van der Waals surface area contributed by atoms with E-state index in [1.807, 2.05) is 33.0 Å². The van der Waals surface area contributed by atoms with Crippen molar-refractivity contribution in [2.75, 3.05) is 5.32 Å². The van der Waals surface area contributed by atoms with Gasteiger partial charge in [0.1, 0.15) is 0 Å². The van der Waals surface area contributed by atoms with Crippen LogP contribution >= 0.6 is 0 Å². The van der Waals surface area contributed by atoms with Crippen molar-refractivity contribution in [1.29, 1.82) is 0 Å². The summed E-state index contributed by atoms with van der Waals surface area (Å²) in [5, 5.41) is 7.20. The number of amides is 1. The third kappa shape index (κ3) is 2.24. The Balaban J connectivity index is 2.11. The molecule has 2 rings (SSSR count). The fraction of sp³-hybridized carbons (Fsp3) is 0.500. The Kier molecular flexibility index (Phi) is 3.02. The van der Waals surface area contributed by atoms with Gasteiger partial charge in [-0.3, -0.25) is 9.48 Å². The molecule has 0 aliphatic heterocycles. The van der Waals surface area contributed by atoms with E-state index >= 15 is 0 Å². The van der Waals surface area contributed by atoms with Crippen LogP contribution in [-0.2, 0) is 11.8 Å². The summed E-state index contributed by atoms with van der Waals surface area (Å²) in [4.78, 5) is 12.0. The van der Waals surface area contributed by atoms with E-state index in [1.165, 1.54) is 0 Å². The Hall–Kier alpha value is -1.62. The van der Waals surface area contributed by atoms with Gasteiger partial charge in [-0.2, -0.15) is 5.10 Å². The van der Waals surface area contributed by atoms with Crippen LogP contribution in [0.2, 0.25) is 0 Å². The van der Waals surface area contributed by atoms with Crippen LogP contribution in [0, 0.1) is 19.8 Å². The molecule has 2 atom stereocenters. The molecule has 0 spiro atoms. The zero-order chi connectivity index (χ0) is 12.6. The second kappa shape index (κ2) is 4.33. The first-order valence-electron chi connectivity index (χ1n) is 5.74. The molecule has 1 aliphatic rings. The third-order valence-electron chi connectivity index (χ3n) is 3.21. The molecular weight excluding hydrogens is 216 g/mol. The van der Waals surface area contributed by atoms with Crippen LogP contribution in [0.5, 0.6) is 0 Å². The minimum Gasteiger partial charge on any atom is -0.324 e. The van der Waals surface area contributed by atoms with Crippen molar-refractivity contribution in [2.24, 2.45) is 18.7 Å². The summed E-state index contributed by atoms with van der Waals surface area (Å²) in [7, 11) is 1.86. The van der Waals surface area contributed by atoms with Crippen LogP contribution in [-0.4, -0.2) is 21.7 Å². The zero-order valence-electron chi connectivity index (χ0n) is 10.4. The number of nitrogens with zero attached hydrogens (tertiary/aromatic N) is 2. The van der Waals surface area contributed by atoms with Gasteiger partial charge >= 0.3 is 0 Å². The number of anilines is 1. The van der Waals surface area contributed by atoms with Gasteiger partial charge in [0.15, 0.2) is 0 Å². The van der Waals surface area contributed by atoms with Gasteiger partial charge in [-0.25, -0.2) is 0 Å². The van der Waals surface area contributed by atoms with E-state index in [1.54, 1.807) is 4.68 Å². The van der Waals surface area contributed by atoms with E-state index in [2.05, 4.69) is 10.4 Å². The Morgan fingerprint density at radius 3 is 2.71 bits per heavy atom. The highest BCUT2D eigenvalue weighted by atomic mass is 16.1. The Morgan fingerprint density at radius 1 is 1.53 bits per heavy atom. The number of hydrogen-bond acceptors (Lipinski definition) is 3. The molecule has 1 aromatic rings. The van der Waals surface area contributed by atoms with Crippen LogP contribution in [0.15, 0.2) is 12.2 Å². The van der Waals surface area contributed by atoms with Crippen LogP contribution in [0.3, 0.4) is 0 Å². The molecule has 0 saturated heterocycles. The van der Waals surface area contributed by atoms with Gasteiger partial charge in [0.05, 0.1) is 23.0 Å². The molecule has 0 fully saturated rings. The fourth-order valence-corrected chi connectivity index (χ4v) is 2.09. The molecule has 1 amide bonds. The molecule has 0 aromatic carbocycles. The molecular formula is C12H18N4O. The van der Waals surface area contributed by atoms with Gasteiger partial charge in [-0.05, 0) is 20.3 Å². The minimum atomic E-state index is -0.121. The lowest BCUT2D eigenvalue weighted by molar-refractivity contribution is -0.118. The monoisotopic (exact) mass is 234 g/mol. The van der Waals surface area contributed by atoms with Crippen molar-refractivity contribution in [2.45, 2.75) is 26.3 Å². The molecule has 2 unspecified atom stereocenters. The van der Waals surface area contributed by atoms with Gasteiger partial charge in [-0.15, -0.1) is 0 Å². The van der Waals surface area contributed by atoms with Gasteiger partial charge in [0.2, 0.25) is 5.91 Å². The molecule has 1 aromatic heterocycles. The predicted molar refractivity (Wildman–Crippen MR) is 66.5 cm³/mol. The molecule has 17 heavy (non-hydrogen) atoms. The maximum Gasteiger partial charge on any atom is 0.231 e. The predicted octanol–water partition coefficient (Wildman–Crippen LogP) is 0.879. The van der Waals surface area contributed by atoms with E-state index in [4.69, 9.17) is 5.73 Å². The van der Waals surface area contributed by atoms with Crippen molar-refractivity contribution in [1.82, 2.24) is 9.78 Å². The number of aromatic nitrogens is 2. The number of rotatable bonds is 2. The Labute approximate surface area is 101 Å². The number of carbonyl (C=O) groups is 1. The lowest BCUT2D eigenvalue weighted by Crippen LogP contribution is -2.24. The molecule has 0 bridgehead atoms. The standard InChI is InChI=1S/C12H18N4O/c1-7-11(8(2)16(3)15-7)14-12(17)9-4-5-10(13)6-9/h4-5,9-10H,6,13H2,1-3H3,(H,14,17).